The highest BCUT2D eigenvalue weighted by atomic mass is 32.1. The van der Waals surface area contributed by atoms with Gasteiger partial charge in [0.15, 0.2) is 0 Å². The molecule has 5 nitrogen and oxygen atoms in total. The van der Waals surface area contributed by atoms with Crippen LogP contribution < -0.4 is 10.6 Å². The smallest absolute Gasteiger partial charge is 0.314 e. The van der Waals surface area contributed by atoms with Crippen molar-refractivity contribution in [3.8, 4) is 0 Å². The Morgan fingerprint density at radius 2 is 2.40 bits per heavy atom. The van der Waals surface area contributed by atoms with Gasteiger partial charge in [-0.05, 0) is 32.4 Å². The lowest BCUT2D eigenvalue weighted by Gasteiger charge is -2.14. The molecule has 2 amide bonds. The molecule has 0 aliphatic carbocycles. The molecule has 20 heavy (non-hydrogen) atoms. The number of nitrogens with one attached hydrogen (secondary N) is 2. The Kier molecular flexibility index (Phi) is 5.79. The first-order valence-corrected chi connectivity index (χ1v) is 8.20. The molecular weight excluding hydrogens is 272 g/mol. The zero-order chi connectivity index (χ0) is 14.4. The SMILES string of the molecule is CCN1CCC(CNC(=O)NCCc2csc(C)n2)C1. The van der Waals surface area contributed by atoms with E-state index in [4.69, 9.17) is 0 Å². The van der Waals surface area contributed by atoms with E-state index in [2.05, 4.69) is 27.4 Å². The van der Waals surface area contributed by atoms with E-state index in [1.54, 1.807) is 11.3 Å². The van der Waals surface area contributed by atoms with Crippen LogP contribution in [0.25, 0.3) is 0 Å². The minimum atomic E-state index is -0.0631. The zero-order valence-corrected chi connectivity index (χ0v) is 13.1. The topological polar surface area (TPSA) is 57.3 Å². The van der Waals surface area contributed by atoms with Gasteiger partial charge in [-0.2, -0.15) is 0 Å². The van der Waals surface area contributed by atoms with Crippen molar-refractivity contribution in [3.05, 3.63) is 16.1 Å². The second-order valence-corrected chi connectivity index (χ2v) is 6.35. The van der Waals surface area contributed by atoms with Crippen LogP contribution in [0, 0.1) is 12.8 Å². The van der Waals surface area contributed by atoms with Crippen molar-refractivity contribution in [2.75, 3.05) is 32.7 Å². The summed E-state index contributed by atoms with van der Waals surface area (Å²) in [4.78, 5) is 18.5. The summed E-state index contributed by atoms with van der Waals surface area (Å²) >= 11 is 1.65. The predicted octanol–water partition coefficient (Wildman–Crippen LogP) is 1.64. The van der Waals surface area contributed by atoms with Crippen LogP contribution >= 0.6 is 11.3 Å². The minimum Gasteiger partial charge on any atom is -0.338 e. The molecule has 2 N–H and O–H groups in total. The van der Waals surface area contributed by atoms with Gasteiger partial charge in [-0.25, -0.2) is 9.78 Å². The Labute approximate surface area is 124 Å². The quantitative estimate of drug-likeness (QED) is 0.839. The number of amides is 2. The largest absolute Gasteiger partial charge is 0.338 e. The number of thiazole rings is 1. The molecule has 1 aromatic heterocycles. The molecule has 0 spiro atoms. The number of carbonyl (C=O) groups excluding carboxylic acids is 1. The minimum absolute atomic E-state index is 0.0631. The molecule has 1 aromatic rings. The van der Waals surface area contributed by atoms with Crippen molar-refractivity contribution in [2.45, 2.75) is 26.7 Å². The number of hydrogen-bond acceptors (Lipinski definition) is 4. The third-order valence-corrected chi connectivity index (χ3v) is 4.52. The van der Waals surface area contributed by atoms with Crippen molar-refractivity contribution < 1.29 is 4.79 Å². The molecule has 1 atom stereocenters. The van der Waals surface area contributed by atoms with Gasteiger partial charge in [0, 0.05) is 31.4 Å². The summed E-state index contributed by atoms with van der Waals surface area (Å²) in [5, 5.41) is 8.98. The number of aryl methyl sites for hydroxylation is 1. The molecule has 0 radical (unpaired) electrons. The molecular formula is C14H24N4OS. The fraction of sp³-hybridized carbons (Fsp3) is 0.714. The summed E-state index contributed by atoms with van der Waals surface area (Å²) in [5.41, 5.74) is 1.06. The summed E-state index contributed by atoms with van der Waals surface area (Å²) in [6.45, 7) is 8.97. The lowest BCUT2D eigenvalue weighted by atomic mass is 10.1. The van der Waals surface area contributed by atoms with Gasteiger partial charge in [0.25, 0.3) is 0 Å². The summed E-state index contributed by atoms with van der Waals surface area (Å²) in [5.74, 6) is 0.599. The van der Waals surface area contributed by atoms with Crippen molar-refractivity contribution in [1.29, 1.82) is 0 Å². The van der Waals surface area contributed by atoms with Gasteiger partial charge in [-0.3, -0.25) is 0 Å². The second-order valence-electron chi connectivity index (χ2n) is 5.29. The van der Waals surface area contributed by atoms with Crippen molar-refractivity contribution in [1.82, 2.24) is 20.5 Å². The molecule has 1 unspecified atom stereocenters. The van der Waals surface area contributed by atoms with Gasteiger partial charge in [-0.15, -0.1) is 11.3 Å². The van der Waals surface area contributed by atoms with Gasteiger partial charge in [0.2, 0.25) is 0 Å². The predicted molar refractivity (Wildman–Crippen MR) is 82.2 cm³/mol. The van der Waals surface area contributed by atoms with Gasteiger partial charge in [0.1, 0.15) is 0 Å². The Balaban J connectivity index is 1.56. The van der Waals surface area contributed by atoms with Crippen LogP contribution in [-0.4, -0.2) is 48.6 Å². The van der Waals surface area contributed by atoms with E-state index in [1.165, 1.54) is 6.42 Å². The molecule has 1 fully saturated rings. The number of hydrogen-bond donors (Lipinski definition) is 2. The monoisotopic (exact) mass is 296 g/mol. The molecule has 6 heteroatoms. The fourth-order valence-electron chi connectivity index (χ4n) is 2.49. The molecule has 2 heterocycles. The first-order chi connectivity index (χ1) is 9.67. The number of nitrogens with zero attached hydrogens (tertiary/aromatic N) is 2. The average molecular weight is 296 g/mol. The van der Waals surface area contributed by atoms with E-state index in [0.29, 0.717) is 12.5 Å². The lowest BCUT2D eigenvalue weighted by molar-refractivity contribution is 0.238. The average Bonchev–Trinajstić information content (AvgIpc) is 3.05. The Bertz CT molecular complexity index is 435. The van der Waals surface area contributed by atoms with Gasteiger partial charge in [0.05, 0.1) is 10.7 Å². The third-order valence-electron chi connectivity index (χ3n) is 3.70. The first kappa shape index (κ1) is 15.3. The number of carbonyl (C=O) groups is 1. The molecule has 112 valence electrons. The van der Waals surface area contributed by atoms with Gasteiger partial charge < -0.3 is 15.5 Å². The summed E-state index contributed by atoms with van der Waals surface area (Å²) in [7, 11) is 0. The molecule has 0 aromatic carbocycles. The maximum Gasteiger partial charge on any atom is 0.314 e. The Hall–Kier alpha value is -1.14. The molecule has 1 aliphatic rings. The molecule has 1 aliphatic heterocycles. The van der Waals surface area contributed by atoms with E-state index in [-0.39, 0.29) is 6.03 Å². The Morgan fingerprint density at radius 1 is 1.55 bits per heavy atom. The Morgan fingerprint density at radius 3 is 3.05 bits per heavy atom. The van der Waals surface area contributed by atoms with Gasteiger partial charge in [-0.1, -0.05) is 6.92 Å². The van der Waals surface area contributed by atoms with Crippen LogP contribution in [0.3, 0.4) is 0 Å². The summed E-state index contributed by atoms with van der Waals surface area (Å²) in [6, 6.07) is -0.0631. The van der Waals surface area contributed by atoms with Crippen LogP contribution in [0.5, 0.6) is 0 Å². The van der Waals surface area contributed by atoms with Gasteiger partial charge >= 0.3 is 6.03 Å². The van der Waals surface area contributed by atoms with E-state index >= 15 is 0 Å². The summed E-state index contributed by atoms with van der Waals surface area (Å²) < 4.78 is 0. The normalized spacial score (nSPS) is 19.2. The number of rotatable bonds is 6. The highest BCUT2D eigenvalue weighted by molar-refractivity contribution is 7.09. The van der Waals surface area contributed by atoms with Crippen LogP contribution in [-0.2, 0) is 6.42 Å². The maximum atomic E-state index is 11.7. The highest BCUT2D eigenvalue weighted by Crippen LogP contribution is 2.14. The molecule has 0 bridgehead atoms. The molecule has 2 rings (SSSR count). The first-order valence-electron chi connectivity index (χ1n) is 7.32. The number of aromatic nitrogens is 1. The zero-order valence-electron chi connectivity index (χ0n) is 12.3. The lowest BCUT2D eigenvalue weighted by Crippen LogP contribution is -2.39. The van der Waals surface area contributed by atoms with E-state index in [0.717, 1.165) is 43.3 Å². The van der Waals surface area contributed by atoms with E-state index < -0.39 is 0 Å². The van der Waals surface area contributed by atoms with Crippen molar-refractivity contribution >= 4 is 17.4 Å². The van der Waals surface area contributed by atoms with E-state index in [1.807, 2.05) is 12.3 Å². The highest BCUT2D eigenvalue weighted by Gasteiger charge is 2.21. The van der Waals surface area contributed by atoms with Crippen molar-refractivity contribution in [3.63, 3.8) is 0 Å². The van der Waals surface area contributed by atoms with Crippen LogP contribution in [0.4, 0.5) is 4.79 Å². The third kappa shape index (κ3) is 4.76. The second kappa shape index (κ2) is 7.59. The van der Waals surface area contributed by atoms with Crippen LogP contribution in [0.1, 0.15) is 24.0 Å². The molecule has 0 saturated carbocycles. The van der Waals surface area contributed by atoms with Crippen LogP contribution in [0.2, 0.25) is 0 Å². The summed E-state index contributed by atoms with van der Waals surface area (Å²) in [6.07, 6.45) is 1.98. The number of urea groups is 1. The maximum absolute atomic E-state index is 11.7. The van der Waals surface area contributed by atoms with Crippen molar-refractivity contribution in [2.24, 2.45) is 5.92 Å². The van der Waals surface area contributed by atoms with Crippen LogP contribution in [0.15, 0.2) is 5.38 Å². The van der Waals surface area contributed by atoms with E-state index in [9.17, 15) is 4.79 Å². The fourth-order valence-corrected chi connectivity index (χ4v) is 3.14. The molecule has 1 saturated heterocycles. The number of likely N-dealkylation sites (tertiary alicyclic amines) is 1. The standard InChI is InChI=1S/C14H24N4OS/c1-3-18-7-5-12(9-18)8-16-14(19)15-6-4-13-10-20-11(2)17-13/h10,12H,3-9H2,1-2H3,(H2,15,16,19).